The molecule has 0 aliphatic carbocycles. The number of primary amides is 1. The number of primary sulfonamides is 1. The van der Waals surface area contributed by atoms with Crippen LogP contribution in [-0.4, -0.2) is 14.3 Å². The van der Waals surface area contributed by atoms with Crippen LogP contribution in [0.25, 0.3) is 0 Å². The number of hydrogen-bond donors (Lipinski definition) is 2. The van der Waals surface area contributed by atoms with Crippen LogP contribution >= 0.6 is 11.6 Å². The first-order chi connectivity index (χ1) is 6.30. The predicted octanol–water partition coefficient (Wildman–Crippen LogP) is 0.0863. The Morgan fingerprint density at radius 1 is 1.29 bits per heavy atom. The summed E-state index contributed by atoms with van der Waals surface area (Å²) < 4.78 is 21.9. The average molecular weight is 235 g/mol. The Balaban J connectivity index is 3.43. The van der Waals surface area contributed by atoms with Gasteiger partial charge < -0.3 is 5.73 Å². The van der Waals surface area contributed by atoms with Crippen molar-refractivity contribution in [3.05, 3.63) is 28.8 Å². The maximum atomic E-state index is 10.9. The molecular weight excluding hydrogens is 228 g/mol. The fraction of sp³-hybridized carbons (Fsp3) is 0. The van der Waals surface area contributed by atoms with Gasteiger partial charge in [-0.3, -0.25) is 4.79 Å². The minimum absolute atomic E-state index is 0.00141. The Morgan fingerprint density at radius 3 is 2.29 bits per heavy atom. The van der Waals surface area contributed by atoms with E-state index in [4.69, 9.17) is 22.5 Å². The summed E-state index contributed by atoms with van der Waals surface area (Å²) in [6, 6.07) is 3.48. The molecule has 1 rings (SSSR count). The second-order valence-electron chi connectivity index (χ2n) is 2.58. The van der Waals surface area contributed by atoms with E-state index in [0.717, 1.165) is 12.1 Å². The van der Waals surface area contributed by atoms with Crippen LogP contribution < -0.4 is 10.9 Å². The number of sulfonamides is 1. The van der Waals surface area contributed by atoms with E-state index in [0.29, 0.717) is 0 Å². The SMILES string of the molecule is NC(=O)c1cc(Cl)cc(S(N)(=O)=O)c1. The lowest BCUT2D eigenvalue weighted by Gasteiger charge is -2.01. The molecule has 7 heteroatoms. The molecule has 1 aromatic rings. The Labute approximate surface area is 85.7 Å². The van der Waals surface area contributed by atoms with Gasteiger partial charge in [-0.05, 0) is 18.2 Å². The van der Waals surface area contributed by atoms with Gasteiger partial charge in [-0.2, -0.15) is 0 Å². The number of carbonyl (C=O) groups excluding carboxylic acids is 1. The van der Waals surface area contributed by atoms with E-state index in [9.17, 15) is 13.2 Å². The molecule has 0 bridgehead atoms. The third-order valence-corrected chi connectivity index (χ3v) is 2.60. The highest BCUT2D eigenvalue weighted by atomic mass is 35.5. The Hall–Kier alpha value is -1.11. The van der Waals surface area contributed by atoms with Crippen LogP contribution in [0.3, 0.4) is 0 Å². The van der Waals surface area contributed by atoms with Crippen LogP contribution in [0.1, 0.15) is 10.4 Å². The molecular formula is C7H7ClN2O3S. The first-order valence-electron chi connectivity index (χ1n) is 3.44. The van der Waals surface area contributed by atoms with Crippen molar-refractivity contribution in [2.75, 3.05) is 0 Å². The van der Waals surface area contributed by atoms with Gasteiger partial charge in [-0.25, -0.2) is 13.6 Å². The summed E-state index contributed by atoms with van der Waals surface area (Å²) in [5.74, 6) is -0.766. The van der Waals surface area contributed by atoms with E-state index >= 15 is 0 Å². The zero-order chi connectivity index (χ0) is 10.9. The van der Waals surface area contributed by atoms with Crippen LogP contribution in [0.15, 0.2) is 23.1 Å². The molecule has 0 atom stereocenters. The highest BCUT2D eigenvalue weighted by Crippen LogP contribution is 2.17. The number of benzene rings is 1. The molecule has 1 aromatic carbocycles. The lowest BCUT2D eigenvalue weighted by Crippen LogP contribution is -2.15. The monoisotopic (exact) mass is 234 g/mol. The maximum Gasteiger partial charge on any atom is 0.248 e. The molecule has 0 saturated heterocycles. The molecule has 4 N–H and O–H groups in total. The summed E-state index contributed by atoms with van der Waals surface area (Å²) in [5.41, 5.74) is 4.96. The molecule has 5 nitrogen and oxygen atoms in total. The molecule has 0 aliphatic heterocycles. The summed E-state index contributed by atoms with van der Waals surface area (Å²) in [6.07, 6.45) is 0. The van der Waals surface area contributed by atoms with Crippen molar-refractivity contribution >= 4 is 27.5 Å². The van der Waals surface area contributed by atoms with Gasteiger partial charge in [0, 0.05) is 10.6 Å². The normalized spacial score (nSPS) is 11.3. The number of amides is 1. The van der Waals surface area contributed by atoms with Gasteiger partial charge in [0.2, 0.25) is 15.9 Å². The first kappa shape index (κ1) is 11.0. The van der Waals surface area contributed by atoms with Crippen molar-refractivity contribution in [1.29, 1.82) is 0 Å². The zero-order valence-corrected chi connectivity index (χ0v) is 8.47. The van der Waals surface area contributed by atoms with Gasteiger partial charge in [0.05, 0.1) is 4.90 Å². The molecule has 0 saturated carbocycles. The minimum Gasteiger partial charge on any atom is -0.366 e. The second-order valence-corrected chi connectivity index (χ2v) is 4.58. The summed E-state index contributed by atoms with van der Waals surface area (Å²) in [7, 11) is -3.87. The summed E-state index contributed by atoms with van der Waals surface area (Å²) in [5, 5.41) is 4.94. The van der Waals surface area contributed by atoms with Crippen molar-refractivity contribution < 1.29 is 13.2 Å². The Morgan fingerprint density at radius 2 is 1.86 bits per heavy atom. The number of hydrogen-bond acceptors (Lipinski definition) is 3. The first-order valence-corrected chi connectivity index (χ1v) is 5.36. The highest BCUT2D eigenvalue weighted by molar-refractivity contribution is 7.89. The van der Waals surface area contributed by atoms with E-state index in [2.05, 4.69) is 0 Å². The fourth-order valence-electron chi connectivity index (χ4n) is 0.869. The maximum absolute atomic E-state index is 10.9. The van der Waals surface area contributed by atoms with E-state index in [1.807, 2.05) is 0 Å². The summed E-state index contributed by atoms with van der Waals surface area (Å²) in [6.45, 7) is 0. The molecule has 0 fully saturated rings. The van der Waals surface area contributed by atoms with E-state index in [1.165, 1.54) is 6.07 Å². The Kier molecular flexibility index (Phi) is 2.79. The van der Waals surface area contributed by atoms with Gasteiger partial charge in [-0.15, -0.1) is 0 Å². The lowest BCUT2D eigenvalue weighted by molar-refractivity contribution is 0.1000. The number of nitrogens with two attached hydrogens (primary N) is 2. The Bertz CT molecular complexity index is 484. The average Bonchev–Trinajstić information content (AvgIpc) is 2.01. The van der Waals surface area contributed by atoms with Crippen LogP contribution in [0.4, 0.5) is 0 Å². The van der Waals surface area contributed by atoms with Gasteiger partial charge >= 0.3 is 0 Å². The van der Waals surface area contributed by atoms with E-state index < -0.39 is 15.9 Å². The predicted molar refractivity (Wildman–Crippen MR) is 51.3 cm³/mol. The third-order valence-electron chi connectivity index (χ3n) is 1.48. The summed E-state index contributed by atoms with van der Waals surface area (Å²) >= 11 is 5.57. The van der Waals surface area contributed by atoms with Gasteiger partial charge in [-0.1, -0.05) is 11.6 Å². The quantitative estimate of drug-likeness (QED) is 0.758. The number of rotatable bonds is 2. The molecule has 0 spiro atoms. The molecule has 0 radical (unpaired) electrons. The van der Waals surface area contributed by atoms with Crippen molar-refractivity contribution in [2.24, 2.45) is 10.9 Å². The standard InChI is InChI=1S/C7H7ClN2O3S/c8-5-1-4(7(9)11)2-6(3-5)14(10,12)13/h1-3H,(H2,9,11)(H2,10,12,13). The van der Waals surface area contributed by atoms with Crippen molar-refractivity contribution in [2.45, 2.75) is 4.90 Å². The van der Waals surface area contributed by atoms with Crippen molar-refractivity contribution in [3.8, 4) is 0 Å². The summed E-state index contributed by atoms with van der Waals surface area (Å²) in [4.78, 5) is 10.5. The minimum atomic E-state index is -3.87. The van der Waals surface area contributed by atoms with E-state index in [-0.39, 0.29) is 15.5 Å². The molecule has 0 unspecified atom stereocenters. The molecule has 76 valence electrons. The molecule has 0 aliphatic rings. The topological polar surface area (TPSA) is 103 Å². The molecule has 0 aromatic heterocycles. The molecule has 1 amide bonds. The lowest BCUT2D eigenvalue weighted by atomic mass is 10.2. The van der Waals surface area contributed by atoms with Crippen molar-refractivity contribution in [3.63, 3.8) is 0 Å². The highest BCUT2D eigenvalue weighted by Gasteiger charge is 2.12. The second kappa shape index (κ2) is 3.56. The van der Waals surface area contributed by atoms with Crippen LogP contribution in [0.2, 0.25) is 5.02 Å². The van der Waals surface area contributed by atoms with Crippen LogP contribution in [0.5, 0.6) is 0 Å². The zero-order valence-electron chi connectivity index (χ0n) is 6.90. The van der Waals surface area contributed by atoms with Crippen molar-refractivity contribution in [1.82, 2.24) is 0 Å². The third kappa shape index (κ3) is 2.44. The fourth-order valence-corrected chi connectivity index (χ4v) is 1.75. The van der Waals surface area contributed by atoms with Gasteiger partial charge in [0.1, 0.15) is 0 Å². The number of carbonyl (C=O) groups is 1. The smallest absolute Gasteiger partial charge is 0.248 e. The van der Waals surface area contributed by atoms with Gasteiger partial charge in [0.25, 0.3) is 0 Å². The molecule has 14 heavy (non-hydrogen) atoms. The number of halogens is 1. The van der Waals surface area contributed by atoms with E-state index in [1.54, 1.807) is 0 Å². The largest absolute Gasteiger partial charge is 0.366 e. The van der Waals surface area contributed by atoms with Crippen LogP contribution in [0, 0.1) is 0 Å². The van der Waals surface area contributed by atoms with Gasteiger partial charge in [0.15, 0.2) is 0 Å². The molecule has 0 heterocycles. The van der Waals surface area contributed by atoms with Crippen LogP contribution in [-0.2, 0) is 10.0 Å².